The topological polar surface area (TPSA) is 59.1 Å². The first kappa shape index (κ1) is 12.9. The smallest absolute Gasteiger partial charge is 0.0702 e. The van der Waals surface area contributed by atoms with Gasteiger partial charge in [-0.25, -0.2) is 0 Å². The van der Waals surface area contributed by atoms with Crippen molar-refractivity contribution in [1.29, 1.82) is 0 Å². The van der Waals surface area contributed by atoms with Crippen LogP contribution in [0.1, 0.15) is 5.56 Å². The van der Waals surface area contributed by atoms with Crippen molar-refractivity contribution in [3.63, 3.8) is 0 Å². The lowest BCUT2D eigenvalue weighted by Crippen LogP contribution is -2.26. The Kier molecular flexibility index (Phi) is 4.68. The number of para-hydroxylation sites is 1. The van der Waals surface area contributed by atoms with E-state index in [1.807, 2.05) is 30.5 Å². The summed E-state index contributed by atoms with van der Waals surface area (Å²) in [7, 11) is 0. The molecule has 0 amide bonds. The van der Waals surface area contributed by atoms with Gasteiger partial charge in [-0.2, -0.15) is 0 Å². The van der Waals surface area contributed by atoms with Crippen molar-refractivity contribution in [3.05, 3.63) is 42.1 Å². The van der Waals surface area contributed by atoms with Crippen LogP contribution >= 0.6 is 12.4 Å². The molecular formula is C12H15ClN2O. The van der Waals surface area contributed by atoms with E-state index in [1.165, 1.54) is 0 Å². The molecule has 86 valence electrons. The summed E-state index contributed by atoms with van der Waals surface area (Å²) in [5.41, 5.74) is 7.72. The Balaban J connectivity index is 0.00000128. The van der Waals surface area contributed by atoms with Gasteiger partial charge in [-0.1, -0.05) is 18.2 Å². The molecule has 0 saturated carbocycles. The van der Waals surface area contributed by atoms with Crippen LogP contribution in [-0.4, -0.2) is 22.7 Å². The fourth-order valence-electron chi connectivity index (χ4n) is 1.60. The Morgan fingerprint density at radius 2 is 2.06 bits per heavy atom. The Labute approximate surface area is 101 Å². The Morgan fingerprint density at radius 3 is 2.81 bits per heavy atom. The van der Waals surface area contributed by atoms with Crippen LogP contribution in [0, 0.1) is 0 Å². The summed E-state index contributed by atoms with van der Waals surface area (Å²) in [6.07, 6.45) is 2.48. The number of halogens is 1. The maximum atomic E-state index is 8.86. The predicted octanol–water partition coefficient (Wildman–Crippen LogP) is 1.52. The lowest BCUT2D eigenvalue weighted by molar-refractivity contribution is 0.265. The molecule has 3 N–H and O–H groups in total. The maximum Gasteiger partial charge on any atom is 0.0702 e. The normalized spacial score (nSPS) is 12.1. The molecule has 2 rings (SSSR count). The third-order valence-electron chi connectivity index (χ3n) is 2.38. The van der Waals surface area contributed by atoms with Crippen molar-refractivity contribution >= 4 is 23.3 Å². The predicted molar refractivity (Wildman–Crippen MR) is 67.8 cm³/mol. The van der Waals surface area contributed by atoms with Gasteiger partial charge in [0.2, 0.25) is 0 Å². The summed E-state index contributed by atoms with van der Waals surface area (Å²) in [4.78, 5) is 4.33. The van der Waals surface area contributed by atoms with Gasteiger partial charge in [0.1, 0.15) is 0 Å². The third kappa shape index (κ3) is 2.92. The molecule has 1 aromatic heterocycles. The number of rotatable bonds is 3. The molecule has 1 unspecified atom stereocenters. The van der Waals surface area contributed by atoms with Crippen LogP contribution in [0.15, 0.2) is 36.5 Å². The number of nitrogens with two attached hydrogens (primary N) is 1. The zero-order chi connectivity index (χ0) is 10.7. The minimum atomic E-state index is -0.201. The molecule has 1 atom stereocenters. The standard InChI is InChI=1S/C12H14N2O.ClH/c13-11(8-15)6-9-5-10-3-1-2-4-12(10)14-7-9;/h1-5,7,11,15H,6,8,13H2;1H. The molecule has 2 aromatic rings. The van der Waals surface area contributed by atoms with E-state index < -0.39 is 0 Å². The van der Waals surface area contributed by atoms with E-state index in [-0.39, 0.29) is 25.1 Å². The molecule has 0 bridgehead atoms. The number of nitrogens with zero attached hydrogens (tertiary/aromatic N) is 1. The van der Waals surface area contributed by atoms with Crippen LogP contribution in [0.3, 0.4) is 0 Å². The van der Waals surface area contributed by atoms with Crippen molar-refractivity contribution in [1.82, 2.24) is 4.98 Å². The number of benzene rings is 1. The highest BCUT2D eigenvalue weighted by Crippen LogP contribution is 2.13. The van der Waals surface area contributed by atoms with Crippen molar-refractivity contribution in [2.45, 2.75) is 12.5 Å². The average Bonchev–Trinajstić information content (AvgIpc) is 2.29. The number of fused-ring (bicyclic) bond motifs is 1. The molecule has 4 heteroatoms. The average molecular weight is 239 g/mol. The monoisotopic (exact) mass is 238 g/mol. The number of aliphatic hydroxyl groups is 1. The molecule has 0 fully saturated rings. The molecule has 0 spiro atoms. The van der Waals surface area contributed by atoms with Crippen molar-refractivity contribution < 1.29 is 5.11 Å². The van der Waals surface area contributed by atoms with Crippen molar-refractivity contribution in [3.8, 4) is 0 Å². The van der Waals surface area contributed by atoms with E-state index in [1.54, 1.807) is 0 Å². The number of aliphatic hydroxyl groups excluding tert-OH is 1. The first-order chi connectivity index (χ1) is 7.29. The number of pyridine rings is 1. The molecule has 3 nitrogen and oxygen atoms in total. The number of hydrogen-bond acceptors (Lipinski definition) is 3. The van der Waals surface area contributed by atoms with E-state index in [4.69, 9.17) is 10.8 Å². The van der Waals surface area contributed by atoms with Gasteiger partial charge in [-0.05, 0) is 24.1 Å². The number of hydrogen-bond donors (Lipinski definition) is 2. The zero-order valence-corrected chi connectivity index (χ0v) is 9.65. The molecular weight excluding hydrogens is 224 g/mol. The second-order valence-corrected chi connectivity index (χ2v) is 3.68. The van der Waals surface area contributed by atoms with E-state index in [0.29, 0.717) is 6.42 Å². The zero-order valence-electron chi connectivity index (χ0n) is 8.84. The summed E-state index contributed by atoms with van der Waals surface area (Å²) < 4.78 is 0. The molecule has 1 aromatic carbocycles. The van der Waals surface area contributed by atoms with E-state index in [2.05, 4.69) is 11.1 Å². The van der Waals surface area contributed by atoms with E-state index in [0.717, 1.165) is 16.5 Å². The van der Waals surface area contributed by atoms with Gasteiger partial charge in [-0.15, -0.1) is 12.4 Å². The molecule has 0 saturated heterocycles. The fraction of sp³-hybridized carbons (Fsp3) is 0.250. The summed E-state index contributed by atoms with van der Waals surface area (Å²) in [5.74, 6) is 0. The largest absolute Gasteiger partial charge is 0.395 e. The summed E-state index contributed by atoms with van der Waals surface area (Å²) in [6, 6.07) is 9.82. The van der Waals surface area contributed by atoms with Gasteiger partial charge in [0.05, 0.1) is 12.1 Å². The van der Waals surface area contributed by atoms with Gasteiger partial charge in [0.25, 0.3) is 0 Å². The van der Waals surface area contributed by atoms with Gasteiger partial charge >= 0.3 is 0 Å². The van der Waals surface area contributed by atoms with E-state index in [9.17, 15) is 0 Å². The van der Waals surface area contributed by atoms with Crippen LogP contribution in [0.25, 0.3) is 10.9 Å². The van der Waals surface area contributed by atoms with Crippen molar-refractivity contribution in [2.24, 2.45) is 5.73 Å². The molecule has 1 heterocycles. The summed E-state index contributed by atoms with van der Waals surface area (Å²) in [5, 5.41) is 9.98. The molecule has 16 heavy (non-hydrogen) atoms. The highest BCUT2D eigenvalue weighted by atomic mass is 35.5. The first-order valence-corrected chi connectivity index (χ1v) is 4.99. The van der Waals surface area contributed by atoms with Crippen LogP contribution in [0.2, 0.25) is 0 Å². The van der Waals surface area contributed by atoms with Crippen LogP contribution < -0.4 is 5.73 Å². The highest BCUT2D eigenvalue weighted by molar-refractivity contribution is 5.85. The minimum absolute atomic E-state index is 0. The Bertz CT molecular complexity index is 461. The first-order valence-electron chi connectivity index (χ1n) is 4.99. The second-order valence-electron chi connectivity index (χ2n) is 3.68. The molecule has 0 radical (unpaired) electrons. The lowest BCUT2D eigenvalue weighted by Gasteiger charge is -2.08. The molecule has 0 aliphatic carbocycles. The van der Waals surface area contributed by atoms with Gasteiger partial charge in [-0.3, -0.25) is 4.98 Å². The van der Waals surface area contributed by atoms with Gasteiger partial charge in [0.15, 0.2) is 0 Å². The van der Waals surface area contributed by atoms with Gasteiger partial charge in [0, 0.05) is 17.6 Å². The molecule has 0 aliphatic heterocycles. The van der Waals surface area contributed by atoms with Crippen molar-refractivity contribution in [2.75, 3.05) is 6.61 Å². The lowest BCUT2D eigenvalue weighted by atomic mass is 10.1. The Morgan fingerprint density at radius 1 is 1.31 bits per heavy atom. The van der Waals surface area contributed by atoms with Crippen LogP contribution in [0.4, 0.5) is 0 Å². The van der Waals surface area contributed by atoms with Crippen LogP contribution in [0.5, 0.6) is 0 Å². The minimum Gasteiger partial charge on any atom is -0.395 e. The SMILES string of the molecule is Cl.NC(CO)Cc1cnc2ccccc2c1. The van der Waals surface area contributed by atoms with Gasteiger partial charge < -0.3 is 10.8 Å². The summed E-state index contributed by atoms with van der Waals surface area (Å²) in [6.45, 7) is 0.00677. The molecule has 0 aliphatic rings. The van der Waals surface area contributed by atoms with Crippen LogP contribution in [-0.2, 0) is 6.42 Å². The quantitative estimate of drug-likeness (QED) is 0.853. The maximum absolute atomic E-state index is 8.86. The Hall–Kier alpha value is -1.16. The van der Waals surface area contributed by atoms with E-state index >= 15 is 0 Å². The number of aromatic nitrogens is 1. The fourth-order valence-corrected chi connectivity index (χ4v) is 1.60. The summed E-state index contributed by atoms with van der Waals surface area (Å²) >= 11 is 0. The second kappa shape index (κ2) is 5.80. The highest BCUT2D eigenvalue weighted by Gasteiger charge is 2.03. The third-order valence-corrected chi connectivity index (χ3v) is 2.38.